The molecule has 22 heavy (non-hydrogen) atoms. The second-order valence-corrected chi connectivity index (χ2v) is 4.30. The van der Waals surface area contributed by atoms with Crippen LogP contribution < -0.4 is 11.2 Å². The molecule has 1 amide bonds. The molecule has 0 aliphatic rings. The molecule has 0 aromatic rings. The zero-order valence-electron chi connectivity index (χ0n) is 11.8. The van der Waals surface area contributed by atoms with Gasteiger partial charge in [0.1, 0.15) is 6.04 Å². The molecule has 10 nitrogen and oxygen atoms in total. The Morgan fingerprint density at radius 2 is 1.64 bits per heavy atom. The molecule has 0 radical (unpaired) electrons. The van der Waals surface area contributed by atoms with E-state index in [1.807, 2.05) is 5.43 Å². The summed E-state index contributed by atoms with van der Waals surface area (Å²) in [6.45, 7) is 3.44. The van der Waals surface area contributed by atoms with Gasteiger partial charge in [0.15, 0.2) is 0 Å². The number of nitrogens with one attached hydrogen (secondary N) is 1. The van der Waals surface area contributed by atoms with E-state index in [1.165, 1.54) is 0 Å². The van der Waals surface area contributed by atoms with Gasteiger partial charge in [-0.1, -0.05) is 6.58 Å². The van der Waals surface area contributed by atoms with E-state index in [0.29, 0.717) is 24.4 Å². The van der Waals surface area contributed by atoms with Gasteiger partial charge in [-0.2, -0.15) is 5.01 Å². The summed E-state index contributed by atoms with van der Waals surface area (Å²) in [6, 6.07) is -3.78. The lowest BCUT2D eigenvalue weighted by atomic mass is 10.1. The number of carbonyl (C=O) groups is 4. The highest BCUT2D eigenvalue weighted by Gasteiger charge is 2.41. The number of nitrogens with two attached hydrogens (primary N) is 1. The van der Waals surface area contributed by atoms with Crippen molar-refractivity contribution in [2.45, 2.75) is 31.3 Å². The molecule has 0 saturated carbocycles. The first-order chi connectivity index (χ1) is 10.3. The van der Waals surface area contributed by atoms with Crippen molar-refractivity contribution in [2.75, 3.05) is 6.54 Å². The van der Waals surface area contributed by atoms with Crippen LogP contribution in [0.1, 0.15) is 19.3 Å². The van der Waals surface area contributed by atoms with Crippen molar-refractivity contribution >= 4 is 23.8 Å². The fourth-order valence-corrected chi connectivity index (χ4v) is 1.70. The number of carboxylic acids is 3. The van der Waals surface area contributed by atoms with Crippen LogP contribution >= 0.6 is 0 Å². The first-order valence-corrected chi connectivity index (χ1v) is 6.36. The third-order valence-electron chi connectivity index (χ3n) is 2.72. The summed E-state index contributed by atoms with van der Waals surface area (Å²) in [4.78, 5) is 44.9. The minimum Gasteiger partial charge on any atom is -0.480 e. The molecule has 0 bridgehead atoms. The molecule has 124 valence electrons. The van der Waals surface area contributed by atoms with Crippen LogP contribution in [0.2, 0.25) is 0 Å². The molecule has 0 aliphatic heterocycles. The van der Waals surface area contributed by atoms with Crippen molar-refractivity contribution in [2.24, 2.45) is 5.73 Å². The first kappa shape index (κ1) is 19.5. The Balaban J connectivity index is 5.50. The number of unbranched alkanes of at least 4 members (excludes halogenated alkanes) is 1. The topological polar surface area (TPSA) is 170 Å². The summed E-state index contributed by atoms with van der Waals surface area (Å²) in [7, 11) is 0. The number of hydrogen-bond donors (Lipinski definition) is 5. The Morgan fingerprint density at radius 3 is 2.00 bits per heavy atom. The summed E-state index contributed by atoms with van der Waals surface area (Å²) in [6.07, 6.45) is 1.48. The van der Waals surface area contributed by atoms with Gasteiger partial charge in [-0.25, -0.2) is 9.59 Å². The van der Waals surface area contributed by atoms with E-state index in [-0.39, 0.29) is 6.42 Å². The lowest BCUT2D eigenvalue weighted by Gasteiger charge is -2.31. The number of carbonyl (C=O) groups excluding carboxylic acids is 1. The molecule has 0 unspecified atom stereocenters. The highest BCUT2D eigenvalue weighted by atomic mass is 16.4. The van der Waals surface area contributed by atoms with Gasteiger partial charge >= 0.3 is 17.9 Å². The van der Waals surface area contributed by atoms with Gasteiger partial charge in [-0.05, 0) is 31.9 Å². The molecule has 0 heterocycles. The minimum absolute atomic E-state index is 0.0823. The molecule has 6 N–H and O–H groups in total. The minimum atomic E-state index is -2.25. The van der Waals surface area contributed by atoms with Crippen LogP contribution in [0.15, 0.2) is 12.7 Å². The maximum Gasteiger partial charge on any atom is 0.334 e. The average Bonchev–Trinajstić information content (AvgIpc) is 2.41. The van der Waals surface area contributed by atoms with E-state index in [9.17, 15) is 24.3 Å². The molecule has 0 saturated heterocycles. The molecule has 10 heteroatoms. The van der Waals surface area contributed by atoms with E-state index in [0.717, 1.165) is 6.08 Å². The summed E-state index contributed by atoms with van der Waals surface area (Å²) in [5, 5.41) is 27.6. The van der Waals surface area contributed by atoms with Crippen molar-refractivity contribution in [1.29, 1.82) is 0 Å². The molecule has 0 aliphatic carbocycles. The number of rotatable bonds is 11. The standard InChI is InChI=1S/C12H19N3O7/c1-2-8(16)14-15(9(11(19)20)12(21)22)7(10(17)18)5-3-4-6-13/h2,7,9H,1,3-6,13H2,(H,14,16)(H,17,18)(H,19,20)(H,21,22)/t7-/m0/s1. The monoisotopic (exact) mass is 317 g/mol. The van der Waals surface area contributed by atoms with Crippen molar-refractivity contribution in [3.8, 4) is 0 Å². The van der Waals surface area contributed by atoms with Gasteiger partial charge < -0.3 is 21.1 Å². The van der Waals surface area contributed by atoms with Gasteiger partial charge in [-0.15, -0.1) is 0 Å². The van der Waals surface area contributed by atoms with Crippen molar-refractivity contribution in [1.82, 2.24) is 10.4 Å². The zero-order valence-corrected chi connectivity index (χ0v) is 11.8. The summed E-state index contributed by atoms with van der Waals surface area (Å²) >= 11 is 0. The van der Waals surface area contributed by atoms with E-state index in [2.05, 4.69) is 6.58 Å². The molecule has 1 atom stereocenters. The molecule has 0 rings (SSSR count). The van der Waals surface area contributed by atoms with Crippen LogP contribution in [0, 0.1) is 0 Å². The molecule has 0 spiro atoms. The van der Waals surface area contributed by atoms with Crippen LogP contribution in [-0.4, -0.2) is 62.8 Å². The number of hydrazine groups is 1. The fraction of sp³-hybridized carbons (Fsp3) is 0.500. The lowest BCUT2D eigenvalue weighted by Crippen LogP contribution is -2.61. The van der Waals surface area contributed by atoms with E-state index >= 15 is 0 Å². The Bertz CT molecular complexity index is 438. The molecular weight excluding hydrogens is 298 g/mol. The number of aliphatic carboxylic acids is 3. The van der Waals surface area contributed by atoms with Crippen LogP contribution in [0.25, 0.3) is 0 Å². The second-order valence-electron chi connectivity index (χ2n) is 4.30. The number of amides is 1. The summed E-state index contributed by atoms with van der Waals surface area (Å²) in [5.74, 6) is -5.99. The third kappa shape index (κ3) is 5.89. The quantitative estimate of drug-likeness (QED) is 0.133. The Kier molecular flexibility index (Phi) is 8.41. The van der Waals surface area contributed by atoms with Crippen LogP contribution in [0.3, 0.4) is 0 Å². The zero-order chi connectivity index (χ0) is 17.3. The van der Waals surface area contributed by atoms with Crippen LogP contribution in [0.5, 0.6) is 0 Å². The first-order valence-electron chi connectivity index (χ1n) is 6.36. The van der Waals surface area contributed by atoms with Gasteiger partial charge in [0.05, 0.1) is 0 Å². The molecular formula is C12H19N3O7. The average molecular weight is 317 g/mol. The second kappa shape index (κ2) is 9.47. The normalized spacial score (nSPS) is 12.0. The highest BCUT2D eigenvalue weighted by Crippen LogP contribution is 2.12. The van der Waals surface area contributed by atoms with E-state index in [1.54, 1.807) is 0 Å². The van der Waals surface area contributed by atoms with Gasteiger partial charge in [-0.3, -0.25) is 15.0 Å². The molecule has 0 aromatic heterocycles. The van der Waals surface area contributed by atoms with Crippen molar-refractivity contribution < 1.29 is 34.5 Å². The maximum absolute atomic E-state index is 11.4. The van der Waals surface area contributed by atoms with Crippen LogP contribution in [-0.2, 0) is 19.2 Å². The highest BCUT2D eigenvalue weighted by molar-refractivity contribution is 5.98. The Labute approximate surface area is 126 Å². The Morgan fingerprint density at radius 1 is 1.09 bits per heavy atom. The van der Waals surface area contributed by atoms with Gasteiger partial charge in [0, 0.05) is 0 Å². The maximum atomic E-state index is 11.4. The smallest absolute Gasteiger partial charge is 0.334 e. The van der Waals surface area contributed by atoms with Crippen molar-refractivity contribution in [3.05, 3.63) is 12.7 Å². The molecule has 0 aromatic carbocycles. The van der Waals surface area contributed by atoms with Crippen molar-refractivity contribution in [3.63, 3.8) is 0 Å². The van der Waals surface area contributed by atoms with E-state index < -0.39 is 35.9 Å². The lowest BCUT2D eigenvalue weighted by molar-refractivity contribution is -0.164. The summed E-state index contributed by atoms with van der Waals surface area (Å²) in [5.41, 5.74) is 7.23. The number of nitrogens with zero attached hydrogens (tertiary/aromatic N) is 1. The van der Waals surface area contributed by atoms with Crippen LogP contribution in [0.4, 0.5) is 0 Å². The van der Waals surface area contributed by atoms with Gasteiger partial charge in [0.2, 0.25) is 6.04 Å². The Hall–Kier alpha value is -2.46. The number of carboxylic acid groups (broad SMARTS) is 3. The largest absolute Gasteiger partial charge is 0.480 e. The van der Waals surface area contributed by atoms with Gasteiger partial charge in [0.25, 0.3) is 5.91 Å². The molecule has 0 fully saturated rings. The SMILES string of the molecule is C=CC(=O)NN(C(C(=O)O)C(=O)O)[C@@H](CCCCN)C(=O)O. The third-order valence-corrected chi connectivity index (χ3v) is 2.72. The predicted molar refractivity (Wildman–Crippen MR) is 73.6 cm³/mol. The van der Waals surface area contributed by atoms with E-state index in [4.69, 9.17) is 15.9 Å². The predicted octanol–water partition coefficient (Wildman–Crippen LogP) is -1.37. The fourth-order valence-electron chi connectivity index (χ4n) is 1.70. The summed E-state index contributed by atoms with van der Waals surface area (Å²) < 4.78 is 0. The number of hydrogen-bond acceptors (Lipinski definition) is 6.